The Morgan fingerprint density at radius 1 is 1.61 bits per heavy atom. The molecule has 2 N–H and O–H groups in total. The van der Waals surface area contributed by atoms with Crippen LogP contribution in [0.5, 0.6) is 0 Å². The average molecular weight is 270 g/mol. The van der Waals surface area contributed by atoms with Crippen molar-refractivity contribution >= 4 is 17.2 Å². The molecule has 1 aromatic rings. The van der Waals surface area contributed by atoms with Gasteiger partial charge in [-0.2, -0.15) is 0 Å². The summed E-state index contributed by atoms with van der Waals surface area (Å²) >= 11 is 1.49. The van der Waals surface area contributed by atoms with Crippen LogP contribution in [0, 0.1) is 0 Å². The maximum atomic E-state index is 11.7. The minimum absolute atomic E-state index is 0.0666. The Morgan fingerprint density at radius 2 is 2.28 bits per heavy atom. The Balaban J connectivity index is 2.43. The summed E-state index contributed by atoms with van der Waals surface area (Å²) in [5, 5.41) is 14.9. The van der Waals surface area contributed by atoms with Gasteiger partial charge in [0.1, 0.15) is 5.60 Å². The van der Waals surface area contributed by atoms with Crippen molar-refractivity contribution in [2.24, 2.45) is 0 Å². The molecule has 1 atom stereocenters. The standard InChI is InChI=1S/C13H22N2O2S/c1-10(2)15(4)8-12(16)14-9-13(3,17)11-6-5-7-18-11/h5-7,10,17H,8-9H2,1-4H3,(H,14,16). The number of amides is 1. The highest BCUT2D eigenvalue weighted by Crippen LogP contribution is 2.24. The van der Waals surface area contributed by atoms with Crippen LogP contribution >= 0.6 is 11.3 Å². The number of aliphatic hydroxyl groups is 1. The molecular weight excluding hydrogens is 248 g/mol. The van der Waals surface area contributed by atoms with E-state index in [1.165, 1.54) is 11.3 Å². The van der Waals surface area contributed by atoms with Crippen molar-refractivity contribution in [3.8, 4) is 0 Å². The molecule has 0 aromatic carbocycles. The van der Waals surface area contributed by atoms with Crippen molar-refractivity contribution in [1.82, 2.24) is 10.2 Å². The summed E-state index contributed by atoms with van der Waals surface area (Å²) in [4.78, 5) is 14.5. The number of carbonyl (C=O) groups excluding carboxylic acids is 1. The number of hydrogen-bond acceptors (Lipinski definition) is 4. The van der Waals surface area contributed by atoms with Gasteiger partial charge in [-0.25, -0.2) is 0 Å². The molecule has 0 radical (unpaired) electrons. The fourth-order valence-electron chi connectivity index (χ4n) is 1.41. The Hall–Kier alpha value is -0.910. The quantitative estimate of drug-likeness (QED) is 0.822. The van der Waals surface area contributed by atoms with Crippen LogP contribution in [-0.2, 0) is 10.4 Å². The Kier molecular flexibility index (Phi) is 5.31. The molecule has 0 saturated carbocycles. The van der Waals surface area contributed by atoms with Crippen molar-refractivity contribution in [2.45, 2.75) is 32.4 Å². The summed E-state index contributed by atoms with van der Waals surface area (Å²) < 4.78 is 0. The van der Waals surface area contributed by atoms with Gasteiger partial charge in [0.2, 0.25) is 5.91 Å². The summed E-state index contributed by atoms with van der Waals surface area (Å²) in [6.45, 7) is 6.37. The van der Waals surface area contributed by atoms with Crippen molar-refractivity contribution in [3.63, 3.8) is 0 Å². The molecule has 0 aliphatic heterocycles. The fourth-order valence-corrected chi connectivity index (χ4v) is 2.19. The molecule has 0 bridgehead atoms. The third kappa shape index (κ3) is 4.40. The van der Waals surface area contributed by atoms with Gasteiger partial charge in [-0.05, 0) is 39.3 Å². The van der Waals surface area contributed by atoms with E-state index in [4.69, 9.17) is 0 Å². The second-order valence-electron chi connectivity index (χ2n) is 5.04. The van der Waals surface area contributed by atoms with E-state index in [0.717, 1.165) is 4.88 Å². The molecule has 102 valence electrons. The predicted molar refractivity (Wildman–Crippen MR) is 74.7 cm³/mol. The first-order valence-electron chi connectivity index (χ1n) is 6.06. The van der Waals surface area contributed by atoms with E-state index in [1.807, 2.05) is 43.3 Å². The van der Waals surface area contributed by atoms with Gasteiger partial charge in [-0.3, -0.25) is 9.69 Å². The number of thiophene rings is 1. The molecule has 5 heteroatoms. The van der Waals surface area contributed by atoms with Crippen LogP contribution in [0.4, 0.5) is 0 Å². The van der Waals surface area contributed by atoms with Gasteiger partial charge < -0.3 is 10.4 Å². The number of nitrogens with zero attached hydrogens (tertiary/aromatic N) is 1. The summed E-state index contributed by atoms with van der Waals surface area (Å²) in [6.07, 6.45) is 0. The van der Waals surface area contributed by atoms with E-state index in [9.17, 15) is 9.90 Å². The first kappa shape index (κ1) is 15.1. The van der Waals surface area contributed by atoms with Gasteiger partial charge in [0.25, 0.3) is 0 Å². The highest BCUT2D eigenvalue weighted by molar-refractivity contribution is 7.10. The first-order valence-corrected chi connectivity index (χ1v) is 6.94. The van der Waals surface area contributed by atoms with Crippen molar-refractivity contribution in [3.05, 3.63) is 22.4 Å². The molecule has 0 spiro atoms. The zero-order valence-electron chi connectivity index (χ0n) is 11.4. The molecule has 1 amide bonds. The number of carbonyl (C=O) groups is 1. The van der Waals surface area contributed by atoms with Crippen LogP contribution in [0.2, 0.25) is 0 Å². The topological polar surface area (TPSA) is 52.6 Å². The minimum atomic E-state index is -1.000. The normalized spacial score (nSPS) is 14.8. The predicted octanol–water partition coefficient (Wildman–Crippen LogP) is 1.41. The van der Waals surface area contributed by atoms with Gasteiger partial charge >= 0.3 is 0 Å². The minimum Gasteiger partial charge on any atom is -0.383 e. The van der Waals surface area contributed by atoms with Crippen molar-refractivity contribution in [1.29, 1.82) is 0 Å². The summed E-state index contributed by atoms with van der Waals surface area (Å²) in [7, 11) is 1.90. The molecule has 0 aliphatic carbocycles. The van der Waals surface area contributed by atoms with Crippen LogP contribution in [-0.4, -0.2) is 42.1 Å². The molecule has 1 heterocycles. The van der Waals surface area contributed by atoms with Crippen molar-refractivity contribution < 1.29 is 9.90 Å². The molecule has 0 fully saturated rings. The lowest BCUT2D eigenvalue weighted by atomic mass is 10.1. The van der Waals surface area contributed by atoms with E-state index < -0.39 is 5.60 Å². The van der Waals surface area contributed by atoms with Crippen LogP contribution < -0.4 is 5.32 Å². The molecule has 1 rings (SSSR count). The second-order valence-corrected chi connectivity index (χ2v) is 5.98. The third-order valence-electron chi connectivity index (χ3n) is 2.96. The van der Waals surface area contributed by atoms with Gasteiger partial charge in [-0.1, -0.05) is 6.07 Å². The number of hydrogen-bond donors (Lipinski definition) is 2. The number of likely N-dealkylation sites (N-methyl/N-ethyl adjacent to an activating group) is 1. The molecule has 1 aromatic heterocycles. The van der Waals surface area contributed by atoms with Gasteiger partial charge in [0.15, 0.2) is 0 Å². The maximum Gasteiger partial charge on any atom is 0.234 e. The van der Waals surface area contributed by atoms with E-state index in [2.05, 4.69) is 5.32 Å². The van der Waals surface area contributed by atoms with E-state index >= 15 is 0 Å². The maximum absolute atomic E-state index is 11.7. The molecule has 0 aliphatic rings. The van der Waals surface area contributed by atoms with Crippen LogP contribution in [0.15, 0.2) is 17.5 Å². The summed E-state index contributed by atoms with van der Waals surface area (Å²) in [5.74, 6) is -0.0666. The number of nitrogens with one attached hydrogen (secondary N) is 1. The van der Waals surface area contributed by atoms with Crippen LogP contribution in [0.25, 0.3) is 0 Å². The lowest BCUT2D eigenvalue weighted by Gasteiger charge is -2.24. The molecule has 0 saturated heterocycles. The Labute approximate surface area is 113 Å². The van der Waals surface area contributed by atoms with Gasteiger partial charge in [0, 0.05) is 10.9 Å². The van der Waals surface area contributed by atoms with E-state index in [0.29, 0.717) is 12.6 Å². The van der Waals surface area contributed by atoms with Crippen LogP contribution in [0.1, 0.15) is 25.6 Å². The largest absolute Gasteiger partial charge is 0.383 e. The fraction of sp³-hybridized carbons (Fsp3) is 0.615. The highest BCUT2D eigenvalue weighted by atomic mass is 32.1. The first-order chi connectivity index (χ1) is 8.33. The van der Waals surface area contributed by atoms with E-state index in [-0.39, 0.29) is 12.5 Å². The molecule has 1 unspecified atom stereocenters. The van der Waals surface area contributed by atoms with Gasteiger partial charge in [0.05, 0.1) is 13.1 Å². The monoisotopic (exact) mass is 270 g/mol. The molecule has 4 nitrogen and oxygen atoms in total. The highest BCUT2D eigenvalue weighted by Gasteiger charge is 2.25. The second kappa shape index (κ2) is 6.31. The van der Waals surface area contributed by atoms with E-state index in [1.54, 1.807) is 6.92 Å². The smallest absolute Gasteiger partial charge is 0.234 e. The Bertz CT molecular complexity index is 374. The lowest BCUT2D eigenvalue weighted by Crippen LogP contribution is -2.43. The lowest BCUT2D eigenvalue weighted by molar-refractivity contribution is -0.123. The van der Waals surface area contributed by atoms with Crippen LogP contribution in [0.3, 0.4) is 0 Å². The Morgan fingerprint density at radius 3 is 2.78 bits per heavy atom. The SMILES string of the molecule is CC(C)N(C)CC(=O)NCC(C)(O)c1cccs1. The summed E-state index contributed by atoms with van der Waals surface area (Å²) in [5.41, 5.74) is -1.000. The third-order valence-corrected chi connectivity index (χ3v) is 4.08. The van der Waals surface area contributed by atoms with Gasteiger partial charge in [-0.15, -0.1) is 11.3 Å². The summed E-state index contributed by atoms with van der Waals surface area (Å²) in [6, 6.07) is 4.09. The zero-order chi connectivity index (χ0) is 13.8. The molecule has 18 heavy (non-hydrogen) atoms. The zero-order valence-corrected chi connectivity index (χ0v) is 12.3. The van der Waals surface area contributed by atoms with Crippen molar-refractivity contribution in [2.75, 3.05) is 20.1 Å². The number of rotatable bonds is 6. The molecular formula is C13H22N2O2S. The average Bonchev–Trinajstić information content (AvgIpc) is 2.80.